The van der Waals surface area contributed by atoms with Crippen LogP contribution in [0, 0.1) is 17.5 Å². The Bertz CT molecular complexity index is 758. The maximum Gasteiger partial charge on any atom is 0.162 e. The van der Waals surface area contributed by atoms with Gasteiger partial charge in [0.1, 0.15) is 5.82 Å². The molecule has 1 saturated carbocycles. The van der Waals surface area contributed by atoms with Crippen LogP contribution in [0.15, 0.2) is 30.3 Å². The molecule has 0 heterocycles. The number of halogens is 3. The Labute approximate surface area is 154 Å². The Morgan fingerprint density at radius 1 is 0.808 bits per heavy atom. The summed E-state index contributed by atoms with van der Waals surface area (Å²) in [6, 6.07) is 9.01. The molecule has 2 aromatic rings. The van der Waals surface area contributed by atoms with Crippen molar-refractivity contribution in [2.24, 2.45) is 0 Å². The summed E-state index contributed by atoms with van der Waals surface area (Å²) in [5.41, 5.74) is 2.72. The Morgan fingerprint density at radius 3 is 2.00 bits per heavy atom. The molecule has 26 heavy (non-hydrogen) atoms. The lowest BCUT2D eigenvalue weighted by molar-refractivity contribution is 0.374. The Hall–Kier alpha value is -1.77. The third kappa shape index (κ3) is 3.82. The van der Waals surface area contributed by atoms with Crippen LogP contribution in [0.1, 0.15) is 80.0 Å². The smallest absolute Gasteiger partial charge is 0.162 e. The van der Waals surface area contributed by atoms with E-state index in [0.29, 0.717) is 17.5 Å². The van der Waals surface area contributed by atoms with Crippen LogP contribution in [0.4, 0.5) is 13.2 Å². The van der Waals surface area contributed by atoms with Crippen LogP contribution in [0.3, 0.4) is 0 Å². The van der Waals surface area contributed by atoms with Gasteiger partial charge in [-0.1, -0.05) is 44.5 Å². The van der Waals surface area contributed by atoms with Gasteiger partial charge in [0.25, 0.3) is 0 Å². The SMILES string of the molecule is CCCc1ccc(C2CCC(c3ccc(CC)cc3F)CC2)c(F)c1F. The van der Waals surface area contributed by atoms with Gasteiger partial charge in [0.2, 0.25) is 0 Å². The zero-order valence-electron chi connectivity index (χ0n) is 15.6. The summed E-state index contributed by atoms with van der Waals surface area (Å²) in [7, 11) is 0. The summed E-state index contributed by atoms with van der Waals surface area (Å²) in [5, 5.41) is 0. The lowest BCUT2D eigenvalue weighted by Crippen LogP contribution is -2.15. The third-order valence-electron chi connectivity index (χ3n) is 5.79. The fourth-order valence-electron chi connectivity index (χ4n) is 4.22. The molecule has 3 heteroatoms. The van der Waals surface area contributed by atoms with Gasteiger partial charge in [0, 0.05) is 0 Å². The van der Waals surface area contributed by atoms with Gasteiger partial charge >= 0.3 is 0 Å². The van der Waals surface area contributed by atoms with Crippen molar-refractivity contribution in [3.05, 3.63) is 70.0 Å². The number of benzene rings is 2. The van der Waals surface area contributed by atoms with Crippen LogP contribution in [0.25, 0.3) is 0 Å². The molecule has 0 amide bonds. The fourth-order valence-corrected chi connectivity index (χ4v) is 4.22. The second-order valence-electron chi connectivity index (χ2n) is 7.45. The van der Waals surface area contributed by atoms with Gasteiger partial charge in [-0.25, -0.2) is 13.2 Å². The molecule has 3 rings (SSSR count). The van der Waals surface area contributed by atoms with E-state index in [1.165, 1.54) is 0 Å². The Kier molecular flexibility index (Phi) is 6.05. The molecule has 1 fully saturated rings. The van der Waals surface area contributed by atoms with E-state index in [9.17, 15) is 13.2 Å². The highest BCUT2D eigenvalue weighted by molar-refractivity contribution is 5.31. The maximum absolute atomic E-state index is 14.5. The number of rotatable bonds is 5. The average Bonchev–Trinajstić information content (AvgIpc) is 2.66. The van der Waals surface area contributed by atoms with Crippen molar-refractivity contribution in [2.75, 3.05) is 0 Å². The summed E-state index contributed by atoms with van der Waals surface area (Å²) in [6.45, 7) is 3.97. The Balaban J connectivity index is 1.72. The standard InChI is InChI=1S/C23H27F3/c1-3-5-18-11-13-20(23(26)22(18)25)17-9-7-16(8-10-17)19-12-6-15(4-2)14-21(19)24/h6,11-14,16-17H,3-5,7-10H2,1-2H3. The topological polar surface area (TPSA) is 0 Å². The van der Waals surface area contributed by atoms with Crippen molar-refractivity contribution in [2.45, 2.75) is 70.6 Å². The van der Waals surface area contributed by atoms with Gasteiger partial charge in [0.05, 0.1) is 0 Å². The first kappa shape index (κ1) is 19.0. The van der Waals surface area contributed by atoms with Gasteiger partial charge in [0.15, 0.2) is 11.6 Å². The van der Waals surface area contributed by atoms with Crippen LogP contribution < -0.4 is 0 Å². The minimum Gasteiger partial charge on any atom is -0.207 e. The molecule has 0 bridgehead atoms. The van der Waals surface area contributed by atoms with E-state index < -0.39 is 11.6 Å². The largest absolute Gasteiger partial charge is 0.207 e. The highest BCUT2D eigenvalue weighted by Gasteiger charge is 2.28. The predicted octanol–water partition coefficient (Wildman–Crippen LogP) is 7.06. The highest BCUT2D eigenvalue weighted by atomic mass is 19.2. The monoisotopic (exact) mass is 360 g/mol. The van der Waals surface area contributed by atoms with Gasteiger partial charge in [-0.3, -0.25) is 0 Å². The molecule has 0 nitrogen and oxygen atoms in total. The van der Waals surface area contributed by atoms with Crippen molar-refractivity contribution in [1.29, 1.82) is 0 Å². The lowest BCUT2D eigenvalue weighted by Gasteiger charge is -2.30. The first-order valence-corrected chi connectivity index (χ1v) is 9.80. The number of aryl methyl sites for hydroxylation is 2. The van der Waals surface area contributed by atoms with Crippen LogP contribution in [-0.4, -0.2) is 0 Å². The lowest BCUT2D eigenvalue weighted by atomic mass is 9.75. The molecule has 140 valence electrons. The van der Waals surface area contributed by atoms with E-state index in [1.54, 1.807) is 18.2 Å². The summed E-state index contributed by atoms with van der Waals surface area (Å²) in [5.74, 6) is -1.31. The molecule has 1 aliphatic rings. The molecule has 0 radical (unpaired) electrons. The fraction of sp³-hybridized carbons (Fsp3) is 0.478. The quantitative estimate of drug-likeness (QED) is 0.535. The number of hydrogen-bond donors (Lipinski definition) is 0. The van der Waals surface area contributed by atoms with Gasteiger partial charge in [-0.05, 0) is 78.7 Å². The molecule has 2 aromatic carbocycles. The van der Waals surface area contributed by atoms with Crippen molar-refractivity contribution in [3.63, 3.8) is 0 Å². The molecule has 0 saturated heterocycles. The zero-order chi connectivity index (χ0) is 18.7. The van der Waals surface area contributed by atoms with Crippen molar-refractivity contribution >= 4 is 0 Å². The second kappa shape index (κ2) is 8.28. The zero-order valence-corrected chi connectivity index (χ0v) is 15.6. The van der Waals surface area contributed by atoms with E-state index in [-0.39, 0.29) is 17.7 Å². The highest BCUT2D eigenvalue weighted by Crippen LogP contribution is 2.42. The third-order valence-corrected chi connectivity index (χ3v) is 5.79. The normalized spacial score (nSPS) is 20.3. The van der Waals surface area contributed by atoms with E-state index >= 15 is 0 Å². The van der Waals surface area contributed by atoms with E-state index in [1.807, 2.05) is 26.0 Å². The number of hydrogen-bond acceptors (Lipinski definition) is 0. The predicted molar refractivity (Wildman–Crippen MR) is 100 cm³/mol. The summed E-state index contributed by atoms with van der Waals surface area (Å²) < 4.78 is 43.1. The molecule has 0 unspecified atom stereocenters. The van der Waals surface area contributed by atoms with Crippen molar-refractivity contribution in [3.8, 4) is 0 Å². The summed E-state index contributed by atoms with van der Waals surface area (Å²) >= 11 is 0. The molecular weight excluding hydrogens is 333 g/mol. The first-order chi connectivity index (χ1) is 12.5. The van der Waals surface area contributed by atoms with E-state index in [4.69, 9.17) is 0 Å². The Morgan fingerprint density at radius 2 is 1.42 bits per heavy atom. The van der Waals surface area contributed by atoms with Crippen LogP contribution in [0.5, 0.6) is 0 Å². The van der Waals surface area contributed by atoms with Gasteiger partial charge in [-0.2, -0.15) is 0 Å². The van der Waals surface area contributed by atoms with Gasteiger partial charge < -0.3 is 0 Å². The average molecular weight is 360 g/mol. The van der Waals surface area contributed by atoms with Crippen molar-refractivity contribution in [1.82, 2.24) is 0 Å². The van der Waals surface area contributed by atoms with Crippen LogP contribution >= 0.6 is 0 Å². The molecule has 0 atom stereocenters. The minimum absolute atomic E-state index is 0.0226. The van der Waals surface area contributed by atoms with E-state index in [2.05, 4.69) is 0 Å². The summed E-state index contributed by atoms with van der Waals surface area (Å²) in [6.07, 6.45) is 5.33. The molecule has 0 N–H and O–H groups in total. The van der Waals surface area contributed by atoms with Crippen molar-refractivity contribution < 1.29 is 13.2 Å². The molecule has 0 aromatic heterocycles. The molecule has 1 aliphatic carbocycles. The van der Waals surface area contributed by atoms with Crippen LogP contribution in [-0.2, 0) is 12.8 Å². The first-order valence-electron chi connectivity index (χ1n) is 9.80. The minimum atomic E-state index is -0.687. The maximum atomic E-state index is 14.5. The van der Waals surface area contributed by atoms with E-state index in [0.717, 1.165) is 49.7 Å². The second-order valence-corrected chi connectivity index (χ2v) is 7.45. The molecule has 0 aliphatic heterocycles. The molecule has 0 spiro atoms. The summed E-state index contributed by atoms with van der Waals surface area (Å²) in [4.78, 5) is 0. The molecular formula is C23H27F3. The van der Waals surface area contributed by atoms with Crippen LogP contribution in [0.2, 0.25) is 0 Å². The van der Waals surface area contributed by atoms with Gasteiger partial charge in [-0.15, -0.1) is 0 Å².